The molecule has 6 nitrogen and oxygen atoms in total. The molecule has 2 amide bonds. The Hall–Kier alpha value is -3.04. The van der Waals surface area contributed by atoms with Crippen molar-refractivity contribution in [3.05, 3.63) is 53.6 Å². The number of methoxy groups -OCH3 is 1. The number of hydrogen-bond acceptors (Lipinski definition) is 4. The van der Waals surface area contributed by atoms with Crippen molar-refractivity contribution in [1.29, 1.82) is 5.26 Å². The lowest BCUT2D eigenvalue weighted by molar-refractivity contribution is 0.262. The number of carbonyl (C=O) groups is 1. The quantitative estimate of drug-likeness (QED) is 0.783. The standard InChI is InChI=1S/C19H20N4O2/c1-25-18-7-4-14(12-20)11-17(18)23-19(24)22-15-5-2-13(3-6-15)10-16-8-9-21-16/h2-7,11,16,21H,8-10H2,1H3,(H2,22,23,24)/t16-/m0/s1. The van der Waals surface area contributed by atoms with Gasteiger partial charge in [0.25, 0.3) is 0 Å². The first-order valence-electron chi connectivity index (χ1n) is 8.16. The van der Waals surface area contributed by atoms with Crippen LogP contribution in [0.1, 0.15) is 17.5 Å². The summed E-state index contributed by atoms with van der Waals surface area (Å²) in [4.78, 5) is 12.2. The molecule has 3 rings (SSSR count). The summed E-state index contributed by atoms with van der Waals surface area (Å²) >= 11 is 0. The van der Waals surface area contributed by atoms with Crippen molar-refractivity contribution in [2.75, 3.05) is 24.3 Å². The van der Waals surface area contributed by atoms with E-state index in [0.717, 1.165) is 13.0 Å². The van der Waals surface area contributed by atoms with Gasteiger partial charge in [-0.05, 0) is 55.3 Å². The smallest absolute Gasteiger partial charge is 0.323 e. The van der Waals surface area contributed by atoms with E-state index in [2.05, 4.69) is 16.0 Å². The van der Waals surface area contributed by atoms with Gasteiger partial charge in [-0.2, -0.15) is 5.26 Å². The maximum Gasteiger partial charge on any atom is 0.323 e. The number of rotatable bonds is 5. The van der Waals surface area contributed by atoms with Gasteiger partial charge in [0.05, 0.1) is 24.4 Å². The lowest BCUT2D eigenvalue weighted by Crippen LogP contribution is -2.44. The number of nitriles is 1. The fraction of sp³-hybridized carbons (Fsp3) is 0.263. The van der Waals surface area contributed by atoms with Gasteiger partial charge < -0.3 is 20.7 Å². The van der Waals surface area contributed by atoms with E-state index in [9.17, 15) is 4.79 Å². The highest BCUT2D eigenvalue weighted by molar-refractivity contribution is 6.00. The maximum absolute atomic E-state index is 12.2. The van der Waals surface area contributed by atoms with Crippen LogP contribution in [0, 0.1) is 11.3 Å². The highest BCUT2D eigenvalue weighted by Crippen LogP contribution is 2.25. The van der Waals surface area contributed by atoms with Crippen LogP contribution in [0.2, 0.25) is 0 Å². The van der Waals surface area contributed by atoms with E-state index in [1.54, 1.807) is 18.2 Å². The summed E-state index contributed by atoms with van der Waals surface area (Å²) in [5.74, 6) is 0.498. The summed E-state index contributed by atoms with van der Waals surface area (Å²) in [6.45, 7) is 1.10. The van der Waals surface area contributed by atoms with Crippen molar-refractivity contribution in [3.8, 4) is 11.8 Å². The fourth-order valence-electron chi connectivity index (χ4n) is 2.69. The zero-order chi connectivity index (χ0) is 17.6. The highest BCUT2D eigenvalue weighted by atomic mass is 16.5. The molecule has 0 radical (unpaired) electrons. The predicted molar refractivity (Wildman–Crippen MR) is 96.9 cm³/mol. The lowest BCUT2D eigenvalue weighted by Gasteiger charge is -2.27. The van der Waals surface area contributed by atoms with E-state index in [4.69, 9.17) is 10.00 Å². The molecule has 6 heteroatoms. The minimum absolute atomic E-state index is 0.387. The second-order valence-corrected chi connectivity index (χ2v) is 5.95. The molecule has 1 aliphatic rings. The zero-order valence-electron chi connectivity index (χ0n) is 14.0. The summed E-state index contributed by atoms with van der Waals surface area (Å²) in [5, 5.41) is 17.9. The van der Waals surface area contributed by atoms with Gasteiger partial charge in [-0.25, -0.2) is 4.79 Å². The average molecular weight is 336 g/mol. The van der Waals surface area contributed by atoms with Crippen molar-refractivity contribution >= 4 is 17.4 Å². The lowest BCUT2D eigenvalue weighted by atomic mass is 9.98. The third kappa shape index (κ3) is 4.28. The second-order valence-electron chi connectivity index (χ2n) is 5.95. The first kappa shape index (κ1) is 16.8. The topological polar surface area (TPSA) is 86.2 Å². The summed E-state index contributed by atoms with van der Waals surface area (Å²) in [6.07, 6.45) is 2.22. The van der Waals surface area contributed by atoms with Crippen LogP contribution < -0.4 is 20.7 Å². The number of benzene rings is 2. The van der Waals surface area contributed by atoms with E-state index in [1.807, 2.05) is 30.3 Å². The summed E-state index contributed by atoms with van der Waals surface area (Å²) in [5.41, 5.74) is 2.85. The molecule has 0 spiro atoms. The van der Waals surface area contributed by atoms with Gasteiger partial charge in [-0.15, -0.1) is 0 Å². The van der Waals surface area contributed by atoms with Crippen LogP contribution in [0.4, 0.5) is 16.2 Å². The minimum Gasteiger partial charge on any atom is -0.495 e. The Morgan fingerprint density at radius 1 is 1.28 bits per heavy atom. The Kier molecular flexibility index (Phi) is 5.17. The van der Waals surface area contributed by atoms with Crippen molar-refractivity contribution < 1.29 is 9.53 Å². The van der Waals surface area contributed by atoms with Gasteiger partial charge in [0.1, 0.15) is 5.75 Å². The Morgan fingerprint density at radius 2 is 2.04 bits per heavy atom. The molecule has 0 aliphatic carbocycles. The molecule has 1 heterocycles. The zero-order valence-corrected chi connectivity index (χ0v) is 14.0. The molecular weight excluding hydrogens is 316 g/mol. The first-order chi connectivity index (χ1) is 12.2. The first-order valence-corrected chi connectivity index (χ1v) is 8.16. The third-order valence-electron chi connectivity index (χ3n) is 4.20. The molecule has 2 aromatic rings. The van der Waals surface area contributed by atoms with Gasteiger partial charge in [-0.3, -0.25) is 0 Å². The Balaban J connectivity index is 1.61. The Morgan fingerprint density at radius 3 is 2.64 bits per heavy atom. The normalized spacial score (nSPS) is 15.6. The van der Waals surface area contributed by atoms with Crippen LogP contribution in [0.25, 0.3) is 0 Å². The highest BCUT2D eigenvalue weighted by Gasteiger charge is 2.16. The van der Waals surface area contributed by atoms with Gasteiger partial charge in [0, 0.05) is 11.7 Å². The van der Waals surface area contributed by atoms with E-state index in [-0.39, 0.29) is 6.03 Å². The van der Waals surface area contributed by atoms with Crippen LogP contribution >= 0.6 is 0 Å². The molecule has 128 valence electrons. The van der Waals surface area contributed by atoms with Crippen LogP contribution in [0.3, 0.4) is 0 Å². The van der Waals surface area contributed by atoms with Crippen molar-refractivity contribution in [2.24, 2.45) is 0 Å². The van der Waals surface area contributed by atoms with Crippen LogP contribution in [-0.4, -0.2) is 25.7 Å². The summed E-state index contributed by atoms with van der Waals surface area (Å²) in [7, 11) is 1.51. The van der Waals surface area contributed by atoms with E-state index < -0.39 is 0 Å². The molecule has 0 bridgehead atoms. The maximum atomic E-state index is 12.2. The number of nitrogens with one attached hydrogen (secondary N) is 3. The number of ether oxygens (including phenoxy) is 1. The molecular formula is C19H20N4O2. The second kappa shape index (κ2) is 7.69. The molecule has 25 heavy (non-hydrogen) atoms. The largest absolute Gasteiger partial charge is 0.495 e. The van der Waals surface area contributed by atoms with Crippen LogP contribution in [0.15, 0.2) is 42.5 Å². The minimum atomic E-state index is -0.387. The Labute approximate surface area is 146 Å². The van der Waals surface area contributed by atoms with Gasteiger partial charge in [0.15, 0.2) is 0 Å². The van der Waals surface area contributed by atoms with E-state index in [1.165, 1.54) is 19.1 Å². The molecule has 0 unspecified atom stereocenters. The predicted octanol–water partition coefficient (Wildman–Crippen LogP) is 3.12. The third-order valence-corrected chi connectivity index (χ3v) is 4.20. The molecule has 0 aromatic heterocycles. The monoisotopic (exact) mass is 336 g/mol. The molecule has 1 atom stereocenters. The average Bonchev–Trinajstić information content (AvgIpc) is 2.59. The summed E-state index contributed by atoms with van der Waals surface area (Å²) in [6, 6.07) is 14.9. The molecule has 3 N–H and O–H groups in total. The SMILES string of the molecule is COc1ccc(C#N)cc1NC(=O)Nc1ccc(C[C@@H]2CCN2)cc1. The number of amides is 2. The van der Waals surface area contributed by atoms with E-state index in [0.29, 0.717) is 28.7 Å². The number of nitrogens with zero attached hydrogens (tertiary/aromatic N) is 1. The number of hydrogen-bond donors (Lipinski definition) is 3. The van der Waals surface area contributed by atoms with Gasteiger partial charge in [0.2, 0.25) is 0 Å². The summed E-state index contributed by atoms with van der Waals surface area (Å²) < 4.78 is 5.21. The number of anilines is 2. The van der Waals surface area contributed by atoms with Gasteiger partial charge in [-0.1, -0.05) is 12.1 Å². The van der Waals surface area contributed by atoms with Crippen LogP contribution in [0.5, 0.6) is 5.75 Å². The van der Waals surface area contributed by atoms with Crippen molar-refractivity contribution in [3.63, 3.8) is 0 Å². The van der Waals surface area contributed by atoms with Crippen molar-refractivity contribution in [1.82, 2.24) is 5.32 Å². The Bertz CT molecular complexity index is 792. The van der Waals surface area contributed by atoms with Crippen LogP contribution in [-0.2, 0) is 6.42 Å². The molecule has 0 saturated carbocycles. The van der Waals surface area contributed by atoms with Gasteiger partial charge >= 0.3 is 6.03 Å². The fourth-order valence-corrected chi connectivity index (χ4v) is 2.69. The van der Waals surface area contributed by atoms with E-state index >= 15 is 0 Å². The number of carbonyl (C=O) groups excluding carboxylic acids is 1. The molecule has 1 fully saturated rings. The molecule has 1 saturated heterocycles. The van der Waals surface area contributed by atoms with Crippen molar-refractivity contribution in [2.45, 2.75) is 18.9 Å². The molecule has 1 aliphatic heterocycles. The number of urea groups is 1. The molecule has 2 aromatic carbocycles.